The summed E-state index contributed by atoms with van der Waals surface area (Å²) in [6.45, 7) is 4.74. The lowest BCUT2D eigenvalue weighted by molar-refractivity contribution is 0.660. The van der Waals surface area contributed by atoms with Crippen LogP contribution in [0, 0.1) is 0 Å². The maximum absolute atomic E-state index is 2.50. The van der Waals surface area contributed by atoms with Gasteiger partial charge in [-0.15, -0.1) is 0 Å². The highest BCUT2D eigenvalue weighted by Gasteiger charge is 2.36. The second-order valence-electron chi connectivity index (χ2n) is 15.3. The van der Waals surface area contributed by atoms with Gasteiger partial charge >= 0.3 is 0 Å². The van der Waals surface area contributed by atoms with E-state index >= 15 is 0 Å². The maximum Gasteiger partial charge on any atom is 0.0546 e. The van der Waals surface area contributed by atoms with Gasteiger partial charge in [0.2, 0.25) is 0 Å². The topological polar surface area (TPSA) is 3.24 Å². The molecule has 0 atom stereocenters. The van der Waals surface area contributed by atoms with Crippen LogP contribution in [0.5, 0.6) is 0 Å². The molecule has 54 heavy (non-hydrogen) atoms. The van der Waals surface area contributed by atoms with Gasteiger partial charge in [-0.1, -0.05) is 172 Å². The van der Waals surface area contributed by atoms with Crippen LogP contribution in [-0.2, 0) is 5.41 Å². The molecular weight excluding hydrogens is 651 g/mol. The van der Waals surface area contributed by atoms with Crippen LogP contribution in [-0.4, -0.2) is 0 Å². The molecule has 0 unspecified atom stereocenters. The fraction of sp³-hybridized carbons (Fsp3) is 0.0566. The van der Waals surface area contributed by atoms with Crippen molar-refractivity contribution < 1.29 is 0 Å². The van der Waals surface area contributed by atoms with E-state index in [0.717, 1.165) is 11.4 Å². The molecule has 0 N–H and O–H groups in total. The molecule has 0 aromatic heterocycles. The molecule has 11 rings (SSSR count). The highest BCUT2D eigenvalue weighted by molar-refractivity contribution is 6.34. The van der Waals surface area contributed by atoms with Crippen molar-refractivity contribution in [1.82, 2.24) is 0 Å². The molecule has 10 aromatic rings. The van der Waals surface area contributed by atoms with Crippen LogP contribution < -0.4 is 4.90 Å². The van der Waals surface area contributed by atoms with E-state index in [4.69, 9.17) is 0 Å². The van der Waals surface area contributed by atoms with Crippen LogP contribution in [0.2, 0.25) is 0 Å². The summed E-state index contributed by atoms with van der Waals surface area (Å²) >= 11 is 0. The summed E-state index contributed by atoms with van der Waals surface area (Å²) < 4.78 is 0. The van der Waals surface area contributed by atoms with Crippen molar-refractivity contribution in [3.63, 3.8) is 0 Å². The minimum Gasteiger partial charge on any atom is -0.310 e. The van der Waals surface area contributed by atoms with E-state index in [1.165, 1.54) is 92.9 Å². The Balaban J connectivity index is 1.25. The Morgan fingerprint density at radius 3 is 1.59 bits per heavy atom. The van der Waals surface area contributed by atoms with Gasteiger partial charge in [0.05, 0.1) is 5.69 Å². The summed E-state index contributed by atoms with van der Waals surface area (Å²) in [4.78, 5) is 2.50. The Hall–Kier alpha value is -6.70. The third kappa shape index (κ3) is 4.45. The monoisotopic (exact) mass is 687 g/mol. The van der Waals surface area contributed by atoms with Gasteiger partial charge in [-0.25, -0.2) is 0 Å². The number of benzene rings is 9. The fourth-order valence-corrected chi connectivity index (χ4v) is 9.46. The van der Waals surface area contributed by atoms with Crippen molar-refractivity contribution in [3.05, 3.63) is 199 Å². The third-order valence-electron chi connectivity index (χ3n) is 12.0. The molecule has 1 aliphatic rings. The van der Waals surface area contributed by atoms with Crippen LogP contribution in [0.3, 0.4) is 0 Å². The first-order chi connectivity index (χ1) is 26.6. The Labute approximate surface area is 315 Å². The van der Waals surface area contributed by atoms with Gasteiger partial charge in [-0.2, -0.15) is 0 Å². The van der Waals surface area contributed by atoms with E-state index in [9.17, 15) is 0 Å². The molecule has 0 saturated carbocycles. The van der Waals surface area contributed by atoms with Gasteiger partial charge in [0, 0.05) is 27.6 Å². The minimum atomic E-state index is -0.119. The standard InChI is InChI=1S/C53H37N/c1-53(2)48-25-11-10-21-43(48)44-31-30-38(33-49(44)53)54(37-28-26-35(27-29-37)34-14-4-3-5-15-34)50-32-36-16-12-22-45-41-19-8-6-17-39(41)40-18-7-9-20-42(40)46-23-13-24-47(50)52(46)51(36)45/h3-33H,1-2H3. The first kappa shape index (κ1) is 30.9. The first-order valence-electron chi connectivity index (χ1n) is 18.9. The average Bonchev–Trinajstić information content (AvgIpc) is 3.46. The lowest BCUT2D eigenvalue weighted by atomic mass is 9.82. The number of hydrogen-bond acceptors (Lipinski definition) is 1. The van der Waals surface area contributed by atoms with E-state index in [1.54, 1.807) is 0 Å². The summed E-state index contributed by atoms with van der Waals surface area (Å²) in [7, 11) is 0. The van der Waals surface area contributed by atoms with Gasteiger partial charge in [0.15, 0.2) is 0 Å². The van der Waals surface area contributed by atoms with Crippen molar-refractivity contribution >= 4 is 70.9 Å². The Morgan fingerprint density at radius 2 is 0.870 bits per heavy atom. The zero-order valence-corrected chi connectivity index (χ0v) is 30.3. The quantitative estimate of drug-likeness (QED) is 0.167. The molecule has 10 aromatic carbocycles. The molecule has 1 aliphatic carbocycles. The number of rotatable bonds is 4. The summed E-state index contributed by atoms with van der Waals surface area (Å²) in [5, 5.41) is 12.7. The number of anilines is 3. The Kier molecular flexibility index (Phi) is 6.66. The molecule has 0 radical (unpaired) electrons. The molecule has 0 heterocycles. The van der Waals surface area contributed by atoms with Crippen LogP contribution in [0.25, 0.3) is 76.1 Å². The van der Waals surface area contributed by atoms with E-state index in [0.29, 0.717) is 0 Å². The normalized spacial score (nSPS) is 13.1. The lowest BCUT2D eigenvalue weighted by Crippen LogP contribution is -2.16. The van der Waals surface area contributed by atoms with Gasteiger partial charge in [-0.05, 0) is 107 Å². The maximum atomic E-state index is 2.50. The van der Waals surface area contributed by atoms with Crippen LogP contribution in [0.15, 0.2) is 188 Å². The summed E-state index contributed by atoms with van der Waals surface area (Å²) in [6.07, 6.45) is 0. The second-order valence-corrected chi connectivity index (χ2v) is 15.3. The van der Waals surface area contributed by atoms with E-state index in [-0.39, 0.29) is 5.41 Å². The molecule has 0 aliphatic heterocycles. The number of fused-ring (bicyclic) bond motifs is 8. The van der Waals surface area contributed by atoms with E-state index in [2.05, 4.69) is 207 Å². The fourth-order valence-electron chi connectivity index (χ4n) is 9.46. The molecule has 254 valence electrons. The SMILES string of the molecule is CC1(C)c2ccccc2-c2ccc(N(c3ccc(-c4ccccc4)cc3)c3cc4cccc5c6ccccc6c6ccccc6c6cccc3c6c45)cc21. The number of nitrogens with zero attached hydrogens (tertiary/aromatic N) is 1. The van der Waals surface area contributed by atoms with Crippen LogP contribution >= 0.6 is 0 Å². The molecule has 1 heteroatoms. The Bertz CT molecular complexity index is 3120. The van der Waals surface area contributed by atoms with Gasteiger partial charge in [0.1, 0.15) is 0 Å². The summed E-state index contributed by atoms with van der Waals surface area (Å²) in [6, 6.07) is 69.8. The minimum absolute atomic E-state index is 0.119. The van der Waals surface area contributed by atoms with Crippen LogP contribution in [0.4, 0.5) is 17.1 Å². The number of hydrogen-bond donors (Lipinski definition) is 0. The molecule has 0 bridgehead atoms. The highest BCUT2D eigenvalue weighted by atomic mass is 15.1. The van der Waals surface area contributed by atoms with Crippen LogP contribution in [0.1, 0.15) is 25.0 Å². The smallest absolute Gasteiger partial charge is 0.0546 e. The second kappa shape index (κ2) is 11.7. The molecule has 0 amide bonds. The first-order valence-corrected chi connectivity index (χ1v) is 18.9. The van der Waals surface area contributed by atoms with Gasteiger partial charge in [-0.3, -0.25) is 0 Å². The predicted molar refractivity (Wildman–Crippen MR) is 232 cm³/mol. The molecule has 0 fully saturated rings. The molecule has 1 nitrogen and oxygen atoms in total. The lowest BCUT2D eigenvalue weighted by Gasteiger charge is -2.30. The van der Waals surface area contributed by atoms with Gasteiger partial charge < -0.3 is 4.90 Å². The average molecular weight is 688 g/mol. The molecular formula is C53H37N. The van der Waals surface area contributed by atoms with Gasteiger partial charge in [0.25, 0.3) is 0 Å². The van der Waals surface area contributed by atoms with Crippen molar-refractivity contribution in [2.75, 3.05) is 4.90 Å². The van der Waals surface area contributed by atoms with E-state index < -0.39 is 0 Å². The largest absolute Gasteiger partial charge is 0.310 e. The highest BCUT2D eigenvalue weighted by Crippen LogP contribution is 2.52. The molecule has 0 spiro atoms. The van der Waals surface area contributed by atoms with E-state index in [1.807, 2.05) is 0 Å². The predicted octanol–water partition coefficient (Wildman–Crippen LogP) is 14.9. The Morgan fingerprint density at radius 1 is 0.352 bits per heavy atom. The van der Waals surface area contributed by atoms with Crippen molar-refractivity contribution in [2.24, 2.45) is 0 Å². The summed E-state index contributed by atoms with van der Waals surface area (Å²) in [5.74, 6) is 0. The third-order valence-corrected chi connectivity index (χ3v) is 12.0. The zero-order chi connectivity index (χ0) is 36.0. The van der Waals surface area contributed by atoms with Crippen molar-refractivity contribution in [2.45, 2.75) is 19.3 Å². The van der Waals surface area contributed by atoms with Crippen molar-refractivity contribution in [1.29, 1.82) is 0 Å². The molecule has 0 saturated heterocycles. The van der Waals surface area contributed by atoms with Crippen molar-refractivity contribution in [3.8, 4) is 22.3 Å². The zero-order valence-electron chi connectivity index (χ0n) is 30.3. The summed E-state index contributed by atoms with van der Waals surface area (Å²) in [5.41, 5.74) is 11.2.